The summed E-state index contributed by atoms with van der Waals surface area (Å²) in [6, 6.07) is 5.61. The van der Waals surface area contributed by atoms with Crippen LogP contribution in [0.3, 0.4) is 0 Å². The molecule has 142 valence electrons. The Hall–Kier alpha value is -2.50. The van der Waals surface area contributed by atoms with E-state index in [1.54, 1.807) is 6.07 Å². The Labute approximate surface area is 154 Å². The summed E-state index contributed by atoms with van der Waals surface area (Å²) in [5.41, 5.74) is 0.971. The Morgan fingerprint density at radius 1 is 1.15 bits per heavy atom. The number of amides is 1. The molecular formula is C20H27NO5. The number of carbonyl (C=O) groups is 2. The van der Waals surface area contributed by atoms with Crippen LogP contribution in [0.25, 0.3) is 6.08 Å². The zero-order chi connectivity index (χ0) is 18.8. The van der Waals surface area contributed by atoms with Crippen molar-refractivity contribution < 1.29 is 23.8 Å². The smallest absolute Gasteiger partial charge is 0.344 e. The zero-order valence-corrected chi connectivity index (χ0v) is 15.5. The maximum atomic E-state index is 11.8. The van der Waals surface area contributed by atoms with Crippen LogP contribution in [-0.4, -0.2) is 38.2 Å². The Morgan fingerprint density at radius 2 is 1.92 bits per heavy atom. The van der Waals surface area contributed by atoms with Crippen molar-refractivity contribution in [3.8, 4) is 11.5 Å². The molecule has 1 aromatic carbocycles. The fourth-order valence-electron chi connectivity index (χ4n) is 2.94. The van der Waals surface area contributed by atoms with Gasteiger partial charge in [0.15, 0.2) is 24.7 Å². The fourth-order valence-corrected chi connectivity index (χ4v) is 2.94. The standard InChI is InChI=1S/C20H27NO5/c1-3-7-15-10-11-17(18(12-15)24-2)25-14-20(23)26-13-19(22)21-16-8-5-4-6-9-16/h3,7,10-12,16H,4-6,8-9,13-14H2,1-2H3,(H,21,22)/b7-3+. The van der Waals surface area contributed by atoms with Crippen molar-refractivity contribution in [1.29, 1.82) is 0 Å². The second-order valence-electron chi connectivity index (χ2n) is 6.26. The predicted octanol–water partition coefficient (Wildman–Crippen LogP) is 3.10. The lowest BCUT2D eigenvalue weighted by molar-refractivity contribution is -0.150. The van der Waals surface area contributed by atoms with Crippen molar-refractivity contribution in [3.05, 3.63) is 29.8 Å². The van der Waals surface area contributed by atoms with E-state index in [9.17, 15) is 9.59 Å². The van der Waals surface area contributed by atoms with E-state index >= 15 is 0 Å². The number of methoxy groups -OCH3 is 1. The van der Waals surface area contributed by atoms with E-state index in [1.165, 1.54) is 13.5 Å². The van der Waals surface area contributed by atoms with Crippen molar-refractivity contribution in [2.24, 2.45) is 0 Å². The number of rotatable bonds is 8. The molecule has 1 aromatic rings. The van der Waals surface area contributed by atoms with Gasteiger partial charge in [0.2, 0.25) is 0 Å². The lowest BCUT2D eigenvalue weighted by Gasteiger charge is -2.22. The van der Waals surface area contributed by atoms with Crippen LogP contribution < -0.4 is 14.8 Å². The van der Waals surface area contributed by atoms with Crippen LogP contribution in [0, 0.1) is 0 Å². The third-order valence-electron chi connectivity index (χ3n) is 4.23. The van der Waals surface area contributed by atoms with Crippen molar-refractivity contribution in [3.63, 3.8) is 0 Å². The molecule has 0 bridgehead atoms. The first-order valence-electron chi connectivity index (χ1n) is 9.01. The number of allylic oxidation sites excluding steroid dienone is 1. The lowest BCUT2D eigenvalue weighted by atomic mass is 9.95. The average molecular weight is 361 g/mol. The topological polar surface area (TPSA) is 73.9 Å². The van der Waals surface area contributed by atoms with Crippen molar-refractivity contribution >= 4 is 18.0 Å². The highest BCUT2D eigenvalue weighted by atomic mass is 16.6. The molecule has 0 aliphatic heterocycles. The minimum absolute atomic E-state index is 0.200. The third kappa shape index (κ3) is 6.43. The molecule has 1 aliphatic carbocycles. The van der Waals surface area contributed by atoms with Gasteiger partial charge in [-0.05, 0) is 37.5 Å². The number of esters is 1. The molecule has 0 spiro atoms. The van der Waals surface area contributed by atoms with Crippen molar-refractivity contribution in [2.45, 2.75) is 45.1 Å². The first kappa shape index (κ1) is 19.8. The average Bonchev–Trinajstić information content (AvgIpc) is 2.66. The molecule has 1 aliphatic rings. The van der Waals surface area contributed by atoms with Gasteiger partial charge in [0, 0.05) is 6.04 Å². The molecular weight excluding hydrogens is 334 g/mol. The zero-order valence-electron chi connectivity index (χ0n) is 15.5. The Morgan fingerprint density at radius 3 is 2.62 bits per heavy atom. The molecule has 1 saturated carbocycles. The number of nitrogens with one attached hydrogen (secondary N) is 1. The molecule has 6 nitrogen and oxygen atoms in total. The van der Waals surface area contributed by atoms with Crippen LogP contribution >= 0.6 is 0 Å². The minimum Gasteiger partial charge on any atom is -0.493 e. The molecule has 6 heteroatoms. The van der Waals surface area contributed by atoms with Crippen LogP contribution in [0.2, 0.25) is 0 Å². The molecule has 26 heavy (non-hydrogen) atoms. The summed E-state index contributed by atoms with van der Waals surface area (Å²) in [5.74, 6) is 0.120. The van der Waals surface area contributed by atoms with Gasteiger partial charge in [0.25, 0.3) is 5.91 Å². The number of hydrogen-bond donors (Lipinski definition) is 1. The maximum absolute atomic E-state index is 11.8. The van der Waals surface area contributed by atoms with Gasteiger partial charge in [-0.15, -0.1) is 0 Å². The van der Waals surface area contributed by atoms with Crippen LogP contribution in [-0.2, 0) is 14.3 Å². The SMILES string of the molecule is C/C=C/c1ccc(OCC(=O)OCC(=O)NC2CCCCC2)c(OC)c1. The monoisotopic (exact) mass is 361 g/mol. The van der Waals surface area contributed by atoms with Crippen molar-refractivity contribution in [2.75, 3.05) is 20.3 Å². The van der Waals surface area contributed by atoms with Gasteiger partial charge in [-0.3, -0.25) is 4.79 Å². The highest BCUT2D eigenvalue weighted by molar-refractivity contribution is 5.81. The second-order valence-corrected chi connectivity index (χ2v) is 6.26. The Bertz CT molecular complexity index is 635. The molecule has 2 rings (SSSR count). The highest BCUT2D eigenvalue weighted by Crippen LogP contribution is 2.28. The number of benzene rings is 1. The van der Waals surface area contributed by atoms with E-state index in [1.807, 2.05) is 31.2 Å². The summed E-state index contributed by atoms with van der Waals surface area (Å²) in [6.07, 6.45) is 9.33. The van der Waals surface area contributed by atoms with Crippen LogP contribution in [0.15, 0.2) is 24.3 Å². The van der Waals surface area contributed by atoms with E-state index in [-0.39, 0.29) is 25.2 Å². The van der Waals surface area contributed by atoms with Crippen LogP contribution in [0.1, 0.15) is 44.6 Å². The van der Waals surface area contributed by atoms with Crippen LogP contribution in [0.4, 0.5) is 0 Å². The third-order valence-corrected chi connectivity index (χ3v) is 4.23. The van der Waals surface area contributed by atoms with E-state index in [4.69, 9.17) is 14.2 Å². The molecule has 1 fully saturated rings. The van der Waals surface area contributed by atoms with E-state index < -0.39 is 5.97 Å². The quantitative estimate of drug-likeness (QED) is 0.720. The van der Waals surface area contributed by atoms with Gasteiger partial charge in [-0.1, -0.05) is 37.5 Å². The summed E-state index contributed by atoms with van der Waals surface area (Å²) in [6.45, 7) is 1.36. The van der Waals surface area contributed by atoms with Crippen LogP contribution in [0.5, 0.6) is 11.5 Å². The first-order chi connectivity index (χ1) is 12.6. The summed E-state index contributed by atoms with van der Waals surface area (Å²) in [5, 5.41) is 2.90. The summed E-state index contributed by atoms with van der Waals surface area (Å²) in [4.78, 5) is 23.6. The van der Waals surface area contributed by atoms with Gasteiger partial charge < -0.3 is 19.5 Å². The van der Waals surface area contributed by atoms with E-state index in [0.29, 0.717) is 11.5 Å². The largest absolute Gasteiger partial charge is 0.493 e. The van der Waals surface area contributed by atoms with E-state index in [2.05, 4.69) is 5.32 Å². The Kier molecular flexibility index (Phi) is 7.99. The summed E-state index contributed by atoms with van der Waals surface area (Å²) < 4.78 is 15.7. The molecule has 0 heterocycles. The van der Waals surface area contributed by atoms with Gasteiger partial charge in [-0.2, -0.15) is 0 Å². The molecule has 1 N–H and O–H groups in total. The fraction of sp³-hybridized carbons (Fsp3) is 0.500. The minimum atomic E-state index is -0.594. The number of ether oxygens (including phenoxy) is 3. The van der Waals surface area contributed by atoms with Crippen molar-refractivity contribution in [1.82, 2.24) is 5.32 Å². The predicted molar refractivity (Wildman–Crippen MR) is 99.2 cm³/mol. The molecule has 0 unspecified atom stereocenters. The molecule has 0 saturated heterocycles. The second kappa shape index (κ2) is 10.5. The molecule has 1 amide bonds. The number of hydrogen-bond acceptors (Lipinski definition) is 5. The van der Waals surface area contributed by atoms with Gasteiger partial charge in [0.1, 0.15) is 0 Å². The first-order valence-corrected chi connectivity index (χ1v) is 9.01. The van der Waals surface area contributed by atoms with Gasteiger partial charge in [-0.25, -0.2) is 4.79 Å². The normalized spacial score (nSPS) is 14.8. The van der Waals surface area contributed by atoms with E-state index in [0.717, 1.165) is 31.2 Å². The summed E-state index contributed by atoms with van der Waals surface area (Å²) in [7, 11) is 1.54. The number of carbonyl (C=O) groups excluding carboxylic acids is 2. The Balaban J connectivity index is 1.75. The summed E-state index contributed by atoms with van der Waals surface area (Å²) >= 11 is 0. The molecule has 0 aromatic heterocycles. The lowest BCUT2D eigenvalue weighted by Crippen LogP contribution is -2.39. The molecule has 0 atom stereocenters. The maximum Gasteiger partial charge on any atom is 0.344 e. The van der Waals surface area contributed by atoms with Gasteiger partial charge in [0.05, 0.1) is 7.11 Å². The molecule has 0 radical (unpaired) electrons. The van der Waals surface area contributed by atoms with Gasteiger partial charge >= 0.3 is 5.97 Å². The highest BCUT2D eigenvalue weighted by Gasteiger charge is 2.17.